The van der Waals surface area contributed by atoms with Crippen molar-refractivity contribution in [3.8, 4) is 5.75 Å². The molecule has 0 bridgehead atoms. The summed E-state index contributed by atoms with van der Waals surface area (Å²) in [4.78, 5) is 19.4. The Balaban J connectivity index is 1.47. The molecule has 1 aliphatic rings. The van der Waals surface area contributed by atoms with Crippen molar-refractivity contribution in [1.82, 2.24) is 25.1 Å². The van der Waals surface area contributed by atoms with E-state index in [0.29, 0.717) is 19.5 Å². The van der Waals surface area contributed by atoms with Crippen LogP contribution in [0.1, 0.15) is 40.9 Å². The first kappa shape index (κ1) is 17.5. The lowest BCUT2D eigenvalue weighted by atomic mass is 9.91. The largest absolute Gasteiger partial charge is 0.497 e. The molecule has 2 heterocycles. The third kappa shape index (κ3) is 3.28. The molecule has 0 saturated carbocycles. The lowest BCUT2D eigenvalue weighted by Gasteiger charge is -2.24. The minimum absolute atomic E-state index is 0.189. The summed E-state index contributed by atoms with van der Waals surface area (Å²) in [7, 11) is 1.64. The normalized spacial score (nSPS) is 16.4. The van der Waals surface area contributed by atoms with Gasteiger partial charge in [0.25, 0.3) is 0 Å². The number of nitrogens with zero attached hydrogens (tertiary/aromatic N) is 3. The Hall–Kier alpha value is -2.87. The van der Waals surface area contributed by atoms with Crippen molar-refractivity contribution in [3.63, 3.8) is 0 Å². The minimum atomic E-state index is -0.953. The molecule has 1 atom stereocenters. The standard InChI is InChI=1S/C19H23N5O3/c1-3-24-16-7-4-11(8-13(16)18(23-24)19(25)26)20-10-17-21-14-6-5-12(27-2)9-15(14)22-17/h5-6,9,11,20H,3-4,7-8,10H2,1-2H3,(H,21,22)(H,25,26)/t11-/m1/s1. The highest BCUT2D eigenvalue weighted by Crippen LogP contribution is 2.25. The van der Waals surface area contributed by atoms with Crippen LogP contribution in [0.5, 0.6) is 5.75 Å². The Labute approximate surface area is 156 Å². The monoisotopic (exact) mass is 369 g/mol. The van der Waals surface area contributed by atoms with E-state index >= 15 is 0 Å². The van der Waals surface area contributed by atoms with Crippen LogP contribution in [0, 0.1) is 0 Å². The van der Waals surface area contributed by atoms with Crippen LogP contribution < -0.4 is 10.1 Å². The molecule has 8 heteroatoms. The highest BCUT2D eigenvalue weighted by Gasteiger charge is 2.28. The van der Waals surface area contributed by atoms with Gasteiger partial charge in [-0.05, 0) is 38.3 Å². The number of carboxylic acid groups (broad SMARTS) is 1. The van der Waals surface area contributed by atoms with Gasteiger partial charge in [0.05, 0.1) is 24.7 Å². The number of aryl methyl sites for hydroxylation is 1. The van der Waals surface area contributed by atoms with Crippen molar-refractivity contribution in [1.29, 1.82) is 0 Å². The molecule has 0 radical (unpaired) electrons. The number of aromatic amines is 1. The molecule has 3 aromatic rings. The van der Waals surface area contributed by atoms with E-state index in [4.69, 9.17) is 4.74 Å². The maximum absolute atomic E-state index is 11.5. The Kier molecular flexibility index (Phi) is 4.57. The van der Waals surface area contributed by atoms with E-state index < -0.39 is 5.97 Å². The summed E-state index contributed by atoms with van der Waals surface area (Å²) in [5.41, 5.74) is 3.95. The van der Waals surface area contributed by atoms with E-state index in [-0.39, 0.29) is 11.7 Å². The topological polar surface area (TPSA) is 105 Å². The van der Waals surface area contributed by atoms with Crippen LogP contribution in [0.3, 0.4) is 0 Å². The van der Waals surface area contributed by atoms with E-state index in [1.807, 2.05) is 29.8 Å². The van der Waals surface area contributed by atoms with Gasteiger partial charge >= 0.3 is 5.97 Å². The van der Waals surface area contributed by atoms with Crippen LogP contribution in [-0.4, -0.2) is 44.0 Å². The number of nitrogens with one attached hydrogen (secondary N) is 2. The van der Waals surface area contributed by atoms with Gasteiger partial charge in [0.1, 0.15) is 11.6 Å². The highest BCUT2D eigenvalue weighted by molar-refractivity contribution is 5.87. The number of ether oxygens (including phenoxy) is 1. The number of rotatable bonds is 6. The third-order valence-corrected chi connectivity index (χ3v) is 5.14. The molecular formula is C19H23N5O3. The van der Waals surface area contributed by atoms with E-state index in [0.717, 1.165) is 46.7 Å². The molecule has 0 spiro atoms. The molecule has 4 rings (SSSR count). The van der Waals surface area contributed by atoms with E-state index in [9.17, 15) is 9.90 Å². The fraction of sp³-hybridized carbons (Fsp3) is 0.421. The average Bonchev–Trinajstić information content (AvgIpc) is 3.26. The quantitative estimate of drug-likeness (QED) is 0.615. The zero-order valence-corrected chi connectivity index (χ0v) is 15.5. The van der Waals surface area contributed by atoms with Crippen LogP contribution in [0.15, 0.2) is 18.2 Å². The van der Waals surface area contributed by atoms with Gasteiger partial charge in [-0.25, -0.2) is 9.78 Å². The Morgan fingerprint density at radius 1 is 1.48 bits per heavy atom. The summed E-state index contributed by atoms with van der Waals surface area (Å²) in [5.74, 6) is 0.691. The number of imidazole rings is 1. The molecule has 0 amide bonds. The van der Waals surface area contributed by atoms with E-state index in [1.165, 1.54) is 0 Å². The number of fused-ring (bicyclic) bond motifs is 2. The van der Waals surface area contributed by atoms with Gasteiger partial charge in [0, 0.05) is 29.9 Å². The number of aromatic carboxylic acids is 1. The molecule has 0 unspecified atom stereocenters. The fourth-order valence-corrected chi connectivity index (χ4v) is 3.79. The fourth-order valence-electron chi connectivity index (χ4n) is 3.79. The first-order valence-corrected chi connectivity index (χ1v) is 9.17. The molecule has 2 aromatic heterocycles. The predicted molar refractivity (Wildman–Crippen MR) is 100 cm³/mol. The SMILES string of the molecule is CCn1nc(C(=O)O)c2c1CC[C@@H](NCc1nc3ccc(OC)cc3[nH]1)C2. The lowest BCUT2D eigenvalue weighted by Crippen LogP contribution is -2.35. The van der Waals surface area contributed by atoms with Gasteiger partial charge in [-0.15, -0.1) is 0 Å². The second-order valence-corrected chi connectivity index (χ2v) is 6.78. The van der Waals surface area contributed by atoms with Crippen LogP contribution >= 0.6 is 0 Å². The lowest BCUT2D eigenvalue weighted by molar-refractivity contribution is 0.0688. The first-order valence-electron chi connectivity index (χ1n) is 9.17. The van der Waals surface area contributed by atoms with Gasteiger partial charge in [-0.3, -0.25) is 4.68 Å². The Bertz CT molecular complexity index is 991. The number of methoxy groups -OCH3 is 1. The van der Waals surface area contributed by atoms with Gasteiger partial charge in [0.15, 0.2) is 5.69 Å². The van der Waals surface area contributed by atoms with Crippen molar-refractivity contribution >= 4 is 17.0 Å². The van der Waals surface area contributed by atoms with Gasteiger partial charge in [-0.2, -0.15) is 5.10 Å². The maximum atomic E-state index is 11.5. The zero-order valence-electron chi connectivity index (χ0n) is 15.5. The first-order chi connectivity index (χ1) is 13.1. The second kappa shape index (κ2) is 7.03. The number of hydrogen-bond acceptors (Lipinski definition) is 5. The number of hydrogen-bond donors (Lipinski definition) is 3. The van der Waals surface area contributed by atoms with Crippen molar-refractivity contribution in [2.75, 3.05) is 7.11 Å². The molecule has 0 saturated heterocycles. The molecule has 142 valence electrons. The van der Waals surface area contributed by atoms with Crippen molar-refractivity contribution in [2.24, 2.45) is 0 Å². The van der Waals surface area contributed by atoms with Gasteiger partial charge in [-0.1, -0.05) is 0 Å². The van der Waals surface area contributed by atoms with Crippen LogP contribution in [0.25, 0.3) is 11.0 Å². The molecule has 27 heavy (non-hydrogen) atoms. The Morgan fingerprint density at radius 2 is 2.33 bits per heavy atom. The number of benzene rings is 1. The number of carboxylic acids is 1. The van der Waals surface area contributed by atoms with Gasteiger partial charge < -0.3 is 20.1 Å². The maximum Gasteiger partial charge on any atom is 0.356 e. The highest BCUT2D eigenvalue weighted by atomic mass is 16.5. The van der Waals surface area contributed by atoms with Crippen molar-refractivity contribution in [3.05, 3.63) is 41.0 Å². The van der Waals surface area contributed by atoms with Crippen molar-refractivity contribution < 1.29 is 14.6 Å². The van der Waals surface area contributed by atoms with Crippen LogP contribution in [0.2, 0.25) is 0 Å². The average molecular weight is 369 g/mol. The van der Waals surface area contributed by atoms with Gasteiger partial charge in [0.2, 0.25) is 0 Å². The number of H-pyrrole nitrogens is 1. The van der Waals surface area contributed by atoms with Crippen molar-refractivity contribution in [2.45, 2.75) is 45.3 Å². The molecule has 1 aromatic carbocycles. The smallest absolute Gasteiger partial charge is 0.356 e. The molecule has 3 N–H and O–H groups in total. The van der Waals surface area contributed by atoms with Crippen LogP contribution in [0.4, 0.5) is 0 Å². The van der Waals surface area contributed by atoms with Crippen LogP contribution in [-0.2, 0) is 25.9 Å². The summed E-state index contributed by atoms with van der Waals surface area (Å²) in [6.07, 6.45) is 2.45. The molecule has 0 fully saturated rings. The summed E-state index contributed by atoms with van der Waals surface area (Å²) in [6.45, 7) is 3.28. The third-order valence-electron chi connectivity index (χ3n) is 5.14. The molecule has 0 aliphatic heterocycles. The molecule has 8 nitrogen and oxygen atoms in total. The van der Waals surface area contributed by atoms with E-state index in [1.54, 1.807) is 7.11 Å². The number of carbonyl (C=O) groups is 1. The van der Waals surface area contributed by atoms with E-state index in [2.05, 4.69) is 20.4 Å². The predicted octanol–water partition coefficient (Wildman–Crippen LogP) is 2.13. The Morgan fingerprint density at radius 3 is 3.07 bits per heavy atom. The molecular weight excluding hydrogens is 346 g/mol. The summed E-state index contributed by atoms with van der Waals surface area (Å²) in [6, 6.07) is 5.95. The summed E-state index contributed by atoms with van der Waals surface area (Å²) < 4.78 is 7.06. The second-order valence-electron chi connectivity index (χ2n) is 6.78. The summed E-state index contributed by atoms with van der Waals surface area (Å²) in [5, 5.41) is 17.2. The zero-order chi connectivity index (χ0) is 19.0. The number of aromatic nitrogens is 4. The molecule has 1 aliphatic carbocycles. The summed E-state index contributed by atoms with van der Waals surface area (Å²) >= 11 is 0. The minimum Gasteiger partial charge on any atom is -0.497 e.